The van der Waals surface area contributed by atoms with Crippen molar-refractivity contribution in [3.63, 3.8) is 0 Å². The van der Waals surface area contributed by atoms with Gasteiger partial charge in [0.05, 0.1) is 0 Å². The van der Waals surface area contributed by atoms with Crippen molar-refractivity contribution in [1.29, 1.82) is 0 Å². The summed E-state index contributed by atoms with van der Waals surface area (Å²) in [7, 11) is 2.20. The summed E-state index contributed by atoms with van der Waals surface area (Å²) in [5.41, 5.74) is 0.603. The number of likely N-dealkylation sites (N-methyl/N-ethyl adjacent to an activating group) is 1. The molecule has 0 radical (unpaired) electrons. The highest BCUT2D eigenvalue weighted by Crippen LogP contribution is 2.64. The van der Waals surface area contributed by atoms with Crippen LogP contribution in [0.2, 0.25) is 0 Å². The average Bonchev–Trinajstić information content (AvgIpc) is 2.38. The van der Waals surface area contributed by atoms with Gasteiger partial charge in [-0.05, 0) is 24.3 Å². The van der Waals surface area contributed by atoms with Gasteiger partial charge < -0.3 is 0 Å². The van der Waals surface area contributed by atoms with E-state index in [1.807, 2.05) is 0 Å². The first-order valence-electron chi connectivity index (χ1n) is 4.42. The van der Waals surface area contributed by atoms with E-state index in [0.29, 0.717) is 11.5 Å². The summed E-state index contributed by atoms with van der Waals surface area (Å²) in [6.07, 6.45) is 2.11. The van der Waals surface area contributed by atoms with Crippen LogP contribution in [0.1, 0.15) is 13.8 Å². The third kappa shape index (κ3) is 0.750. The van der Waals surface area contributed by atoms with Gasteiger partial charge in [0, 0.05) is 12.6 Å². The van der Waals surface area contributed by atoms with Crippen LogP contribution in [0, 0.1) is 17.3 Å². The van der Waals surface area contributed by atoms with Gasteiger partial charge >= 0.3 is 0 Å². The number of fused-ring (bicyclic) bond motifs is 1. The third-order valence-electron chi connectivity index (χ3n) is 3.74. The molecule has 1 saturated heterocycles. The molecule has 1 saturated carbocycles. The summed E-state index contributed by atoms with van der Waals surface area (Å²) in [4.78, 5) is 2.42. The fourth-order valence-electron chi connectivity index (χ4n) is 2.85. The normalized spacial score (nSPS) is 47.0. The van der Waals surface area contributed by atoms with Crippen molar-refractivity contribution in [3.05, 3.63) is 12.7 Å². The van der Waals surface area contributed by atoms with Gasteiger partial charge in [0.25, 0.3) is 0 Å². The van der Waals surface area contributed by atoms with Gasteiger partial charge in [-0.15, -0.1) is 6.58 Å². The van der Waals surface area contributed by atoms with E-state index in [9.17, 15) is 0 Å². The lowest BCUT2D eigenvalue weighted by Crippen LogP contribution is -2.30. The van der Waals surface area contributed by atoms with Crippen LogP contribution in [0.3, 0.4) is 0 Å². The van der Waals surface area contributed by atoms with E-state index in [1.54, 1.807) is 0 Å². The van der Waals surface area contributed by atoms with Gasteiger partial charge in [-0.2, -0.15) is 0 Å². The molecular weight excluding hydrogens is 134 g/mol. The maximum Gasteiger partial charge on any atom is 0.0309 e. The second kappa shape index (κ2) is 1.89. The first-order chi connectivity index (χ1) is 5.09. The summed E-state index contributed by atoms with van der Waals surface area (Å²) < 4.78 is 0. The molecule has 1 aliphatic carbocycles. The van der Waals surface area contributed by atoms with E-state index >= 15 is 0 Å². The van der Waals surface area contributed by atoms with Crippen molar-refractivity contribution in [3.8, 4) is 0 Å². The molecule has 0 aromatic heterocycles. The Morgan fingerprint density at radius 1 is 1.55 bits per heavy atom. The van der Waals surface area contributed by atoms with E-state index in [-0.39, 0.29) is 0 Å². The maximum absolute atomic E-state index is 3.89. The van der Waals surface area contributed by atoms with Gasteiger partial charge in [-0.3, -0.25) is 4.90 Å². The quantitative estimate of drug-likeness (QED) is 0.516. The summed E-state index contributed by atoms with van der Waals surface area (Å²) in [5.74, 6) is 1.83. The summed E-state index contributed by atoms with van der Waals surface area (Å²) in [6, 6.07) is 0.648. The van der Waals surface area contributed by atoms with Crippen LogP contribution in [0.5, 0.6) is 0 Å². The smallest absolute Gasteiger partial charge is 0.0309 e. The van der Waals surface area contributed by atoms with Gasteiger partial charge in [0.1, 0.15) is 0 Å². The summed E-state index contributed by atoms with van der Waals surface area (Å²) >= 11 is 0. The molecule has 0 amide bonds. The van der Waals surface area contributed by atoms with Crippen molar-refractivity contribution >= 4 is 0 Å². The van der Waals surface area contributed by atoms with E-state index in [4.69, 9.17) is 0 Å². The Morgan fingerprint density at radius 2 is 2.18 bits per heavy atom. The minimum absolute atomic E-state index is 0.603. The zero-order valence-corrected chi connectivity index (χ0v) is 7.67. The average molecular weight is 151 g/mol. The van der Waals surface area contributed by atoms with Crippen molar-refractivity contribution in [1.82, 2.24) is 4.90 Å². The molecule has 2 aliphatic rings. The Hall–Kier alpha value is -0.300. The molecule has 11 heavy (non-hydrogen) atoms. The largest absolute Gasteiger partial charge is 0.299 e. The van der Waals surface area contributed by atoms with Gasteiger partial charge in [0.2, 0.25) is 0 Å². The lowest BCUT2D eigenvalue weighted by Gasteiger charge is -2.24. The Morgan fingerprint density at radius 3 is 2.55 bits per heavy atom. The number of rotatable bonds is 1. The van der Waals surface area contributed by atoms with E-state index < -0.39 is 0 Å². The molecule has 1 heterocycles. The zero-order chi connectivity index (χ0) is 8.22. The molecule has 0 N–H and O–H groups in total. The second-order valence-corrected chi connectivity index (χ2v) is 4.62. The predicted molar refractivity (Wildman–Crippen MR) is 47.4 cm³/mol. The van der Waals surface area contributed by atoms with Crippen LogP contribution in [0.25, 0.3) is 0 Å². The fraction of sp³-hybridized carbons (Fsp3) is 0.800. The Balaban J connectivity index is 2.16. The Labute approximate surface area is 69.1 Å². The molecule has 0 aromatic carbocycles. The molecule has 2 fully saturated rings. The van der Waals surface area contributed by atoms with Gasteiger partial charge in [-0.25, -0.2) is 0 Å². The zero-order valence-electron chi connectivity index (χ0n) is 7.67. The van der Waals surface area contributed by atoms with Gasteiger partial charge in [-0.1, -0.05) is 19.9 Å². The molecule has 62 valence electrons. The number of likely N-dealkylation sites (tertiary alicyclic amines) is 1. The molecule has 0 spiro atoms. The van der Waals surface area contributed by atoms with Crippen LogP contribution in [-0.4, -0.2) is 24.5 Å². The summed E-state index contributed by atoms with van der Waals surface area (Å²) in [5, 5.41) is 0. The molecule has 1 nitrogen and oxygen atoms in total. The molecule has 2 rings (SSSR count). The first kappa shape index (κ1) is 7.35. The predicted octanol–water partition coefficient (Wildman–Crippen LogP) is 1.76. The SMILES string of the molecule is C=CC1C2C(CN1C)C2(C)C. The topological polar surface area (TPSA) is 3.24 Å². The van der Waals surface area contributed by atoms with Crippen molar-refractivity contribution in [2.75, 3.05) is 13.6 Å². The van der Waals surface area contributed by atoms with Gasteiger partial charge in [0.15, 0.2) is 0 Å². The highest BCUT2D eigenvalue weighted by Gasteiger charge is 2.64. The van der Waals surface area contributed by atoms with Crippen molar-refractivity contribution < 1.29 is 0 Å². The Bertz CT molecular complexity index is 195. The number of nitrogens with zero attached hydrogens (tertiary/aromatic N) is 1. The highest BCUT2D eigenvalue weighted by molar-refractivity contribution is 5.19. The van der Waals surface area contributed by atoms with E-state index in [0.717, 1.165) is 11.8 Å². The molecule has 1 heteroatoms. The second-order valence-electron chi connectivity index (χ2n) is 4.62. The molecule has 1 aliphatic heterocycles. The molecule has 3 atom stereocenters. The van der Waals surface area contributed by atoms with Crippen LogP contribution >= 0.6 is 0 Å². The van der Waals surface area contributed by atoms with Crippen molar-refractivity contribution in [2.45, 2.75) is 19.9 Å². The monoisotopic (exact) mass is 151 g/mol. The third-order valence-corrected chi connectivity index (χ3v) is 3.74. The number of hydrogen-bond donors (Lipinski definition) is 0. The lowest BCUT2D eigenvalue weighted by atomic mass is 10.0. The molecule has 0 aromatic rings. The molecule has 3 unspecified atom stereocenters. The van der Waals surface area contributed by atoms with Crippen LogP contribution in [0.4, 0.5) is 0 Å². The maximum atomic E-state index is 3.89. The standard InChI is InChI=1S/C10H17N/c1-5-8-9-7(6-11(8)4)10(9,2)3/h5,7-9H,1,6H2,2-4H3. The van der Waals surface area contributed by atoms with E-state index in [2.05, 4.69) is 38.5 Å². The Kier molecular flexibility index (Phi) is 1.26. The first-order valence-corrected chi connectivity index (χ1v) is 4.42. The minimum atomic E-state index is 0.603. The van der Waals surface area contributed by atoms with Crippen LogP contribution < -0.4 is 0 Å². The lowest BCUT2D eigenvalue weighted by molar-refractivity contribution is 0.256. The molecule has 0 bridgehead atoms. The highest BCUT2D eigenvalue weighted by atomic mass is 15.2. The fourth-order valence-corrected chi connectivity index (χ4v) is 2.85. The van der Waals surface area contributed by atoms with Crippen molar-refractivity contribution in [2.24, 2.45) is 17.3 Å². The van der Waals surface area contributed by atoms with E-state index in [1.165, 1.54) is 6.54 Å². The summed E-state index contributed by atoms with van der Waals surface area (Å²) in [6.45, 7) is 9.93. The van der Waals surface area contributed by atoms with Crippen LogP contribution in [-0.2, 0) is 0 Å². The minimum Gasteiger partial charge on any atom is -0.299 e. The number of piperidine rings is 1. The molecular formula is C10H17N. The number of hydrogen-bond acceptors (Lipinski definition) is 1. The van der Waals surface area contributed by atoms with Crippen LogP contribution in [0.15, 0.2) is 12.7 Å².